The van der Waals surface area contributed by atoms with Crippen LogP contribution < -0.4 is 9.80 Å². The van der Waals surface area contributed by atoms with Gasteiger partial charge in [-0.1, -0.05) is 190 Å². The standard InChI is InChI=1S/C71H51N3/c1-70(2)61-29-15-10-25-53(61)56-38-35-50(43-64(56)70)74(69-33-19-13-24-52(69)46-20-6-4-7-21-46)51-36-40-58-55-27-12-17-31-63(55)71(66(58)45-51)62-30-16-11-26-54(62)57-39-34-49(44-65(57)71)73(47-22-8-5-9-23-47)48-37-41-68-60(42-48)59-28-14-18-32-67(59)72(68)3/h4-45H,1-3H3. The molecule has 350 valence electrons. The van der Waals surface area contributed by atoms with Gasteiger partial charge in [-0.15, -0.1) is 0 Å². The van der Waals surface area contributed by atoms with Gasteiger partial charge in [0.1, 0.15) is 0 Å². The van der Waals surface area contributed by atoms with Crippen LogP contribution in [0, 0.1) is 0 Å². The molecule has 0 amide bonds. The molecule has 1 aromatic heterocycles. The van der Waals surface area contributed by atoms with Crippen molar-refractivity contribution < 1.29 is 0 Å². The summed E-state index contributed by atoms with van der Waals surface area (Å²) in [5, 5.41) is 2.50. The fourth-order valence-corrected chi connectivity index (χ4v) is 13.5. The Labute approximate surface area is 432 Å². The van der Waals surface area contributed by atoms with Crippen molar-refractivity contribution in [1.82, 2.24) is 4.57 Å². The lowest BCUT2D eigenvalue weighted by Gasteiger charge is -2.34. The van der Waals surface area contributed by atoms with Crippen molar-refractivity contribution in [3.8, 4) is 44.5 Å². The van der Waals surface area contributed by atoms with E-state index in [0.717, 1.165) is 34.1 Å². The van der Waals surface area contributed by atoms with E-state index in [4.69, 9.17) is 0 Å². The monoisotopic (exact) mass is 945 g/mol. The topological polar surface area (TPSA) is 11.4 Å². The molecule has 74 heavy (non-hydrogen) atoms. The maximum atomic E-state index is 2.53. The second kappa shape index (κ2) is 15.9. The van der Waals surface area contributed by atoms with Gasteiger partial charge in [-0.25, -0.2) is 0 Å². The summed E-state index contributed by atoms with van der Waals surface area (Å²) in [5.41, 5.74) is 26.4. The van der Waals surface area contributed by atoms with Crippen LogP contribution in [0.25, 0.3) is 66.3 Å². The zero-order valence-electron chi connectivity index (χ0n) is 41.6. The maximum Gasteiger partial charge on any atom is 0.0727 e. The molecule has 0 saturated heterocycles. The average molecular weight is 946 g/mol. The molecule has 0 aliphatic heterocycles. The molecule has 1 atom stereocenters. The summed E-state index contributed by atoms with van der Waals surface area (Å²) in [6, 6.07) is 95.4. The van der Waals surface area contributed by atoms with Gasteiger partial charge in [0.25, 0.3) is 0 Å². The van der Waals surface area contributed by atoms with Crippen molar-refractivity contribution in [2.75, 3.05) is 9.80 Å². The van der Waals surface area contributed by atoms with Gasteiger partial charge < -0.3 is 14.4 Å². The van der Waals surface area contributed by atoms with Gasteiger partial charge in [0.2, 0.25) is 0 Å². The Hall–Kier alpha value is -9.18. The van der Waals surface area contributed by atoms with Gasteiger partial charge in [-0.2, -0.15) is 0 Å². The molecule has 0 saturated carbocycles. The minimum Gasteiger partial charge on any atom is -0.344 e. The van der Waals surface area contributed by atoms with Gasteiger partial charge in [0.05, 0.1) is 11.1 Å². The quantitative estimate of drug-likeness (QED) is 0.158. The Bertz CT molecular complexity index is 4240. The molecule has 1 heterocycles. The highest BCUT2D eigenvalue weighted by Crippen LogP contribution is 2.64. The molecule has 1 spiro atoms. The number of hydrogen-bond donors (Lipinski definition) is 0. The molecule has 3 heteroatoms. The number of fused-ring (bicyclic) bond motifs is 16. The molecule has 1 unspecified atom stereocenters. The minimum absolute atomic E-state index is 0.167. The Morgan fingerprint density at radius 3 is 1.38 bits per heavy atom. The highest BCUT2D eigenvalue weighted by molar-refractivity contribution is 6.10. The fraction of sp³-hybridized carbons (Fsp3) is 0.0704. The zero-order valence-corrected chi connectivity index (χ0v) is 41.6. The number of benzene rings is 11. The third-order valence-corrected chi connectivity index (χ3v) is 16.8. The number of aryl methyl sites for hydroxylation is 1. The van der Waals surface area contributed by atoms with Crippen LogP contribution in [0.15, 0.2) is 255 Å². The van der Waals surface area contributed by atoms with Gasteiger partial charge in [-0.05, 0) is 151 Å². The van der Waals surface area contributed by atoms with Gasteiger partial charge in [0, 0.05) is 68.3 Å². The summed E-state index contributed by atoms with van der Waals surface area (Å²) >= 11 is 0. The summed E-state index contributed by atoms with van der Waals surface area (Å²) in [6.45, 7) is 4.76. The van der Waals surface area contributed by atoms with Crippen molar-refractivity contribution in [2.45, 2.75) is 24.7 Å². The molecule has 0 N–H and O–H groups in total. The van der Waals surface area contributed by atoms with E-state index in [0.29, 0.717) is 0 Å². The molecule has 11 aromatic carbocycles. The van der Waals surface area contributed by atoms with Crippen molar-refractivity contribution >= 4 is 55.9 Å². The second-order valence-electron chi connectivity index (χ2n) is 20.9. The van der Waals surface area contributed by atoms with Crippen LogP contribution in [0.3, 0.4) is 0 Å². The number of rotatable bonds is 7. The smallest absolute Gasteiger partial charge is 0.0727 e. The molecule has 12 aromatic rings. The number of anilines is 6. The van der Waals surface area contributed by atoms with Gasteiger partial charge in [0.15, 0.2) is 0 Å². The second-order valence-corrected chi connectivity index (χ2v) is 20.9. The first-order chi connectivity index (χ1) is 36.4. The van der Waals surface area contributed by atoms with Crippen LogP contribution in [0.4, 0.5) is 34.1 Å². The van der Waals surface area contributed by atoms with Crippen molar-refractivity contribution in [1.29, 1.82) is 0 Å². The molecule has 0 radical (unpaired) electrons. The Morgan fingerprint density at radius 2 is 0.730 bits per heavy atom. The first-order valence-corrected chi connectivity index (χ1v) is 25.9. The van der Waals surface area contributed by atoms with Gasteiger partial charge in [-0.3, -0.25) is 0 Å². The molecule has 3 aliphatic carbocycles. The van der Waals surface area contributed by atoms with E-state index in [1.54, 1.807) is 0 Å². The van der Waals surface area contributed by atoms with Crippen LogP contribution >= 0.6 is 0 Å². The van der Waals surface area contributed by atoms with E-state index in [1.165, 1.54) is 99.7 Å². The molecular formula is C71H51N3. The Kier molecular flexibility index (Phi) is 9.14. The van der Waals surface area contributed by atoms with Crippen LogP contribution in [-0.4, -0.2) is 4.57 Å². The lowest BCUT2D eigenvalue weighted by atomic mass is 9.70. The number of hydrogen-bond acceptors (Lipinski definition) is 2. The van der Waals surface area contributed by atoms with Crippen LogP contribution in [0.1, 0.15) is 47.2 Å². The number of para-hydroxylation sites is 3. The molecule has 15 rings (SSSR count). The molecule has 0 fully saturated rings. The summed E-state index contributed by atoms with van der Waals surface area (Å²) in [6.07, 6.45) is 0. The summed E-state index contributed by atoms with van der Waals surface area (Å²) < 4.78 is 2.31. The van der Waals surface area contributed by atoms with E-state index in [9.17, 15) is 0 Å². The highest BCUT2D eigenvalue weighted by atomic mass is 15.2. The normalized spacial score (nSPS) is 15.1. The summed E-state index contributed by atoms with van der Waals surface area (Å²) in [7, 11) is 2.17. The van der Waals surface area contributed by atoms with Crippen LogP contribution in [0.5, 0.6) is 0 Å². The lowest BCUT2D eigenvalue weighted by molar-refractivity contribution is 0.660. The van der Waals surface area contributed by atoms with E-state index in [-0.39, 0.29) is 5.41 Å². The Balaban J connectivity index is 0.975. The third kappa shape index (κ3) is 5.89. The first-order valence-electron chi connectivity index (χ1n) is 25.9. The predicted molar refractivity (Wildman–Crippen MR) is 309 cm³/mol. The third-order valence-electron chi connectivity index (χ3n) is 16.8. The summed E-state index contributed by atoms with van der Waals surface area (Å²) in [5.74, 6) is 0. The van der Waals surface area contributed by atoms with Gasteiger partial charge >= 0.3 is 0 Å². The largest absolute Gasteiger partial charge is 0.344 e. The number of aromatic nitrogens is 1. The molecule has 3 aliphatic rings. The van der Waals surface area contributed by atoms with E-state index in [1.807, 2.05) is 0 Å². The van der Waals surface area contributed by atoms with Crippen molar-refractivity contribution in [3.05, 3.63) is 288 Å². The molecule has 0 bridgehead atoms. The van der Waals surface area contributed by atoms with Crippen molar-refractivity contribution in [2.24, 2.45) is 7.05 Å². The maximum absolute atomic E-state index is 2.53. The summed E-state index contributed by atoms with van der Waals surface area (Å²) in [4.78, 5) is 4.98. The van der Waals surface area contributed by atoms with Crippen LogP contribution in [0.2, 0.25) is 0 Å². The zero-order chi connectivity index (χ0) is 49.3. The predicted octanol–water partition coefficient (Wildman–Crippen LogP) is 18.6. The molecule has 3 nitrogen and oxygen atoms in total. The number of nitrogens with zero attached hydrogens (tertiary/aromatic N) is 3. The Morgan fingerprint density at radius 1 is 0.297 bits per heavy atom. The average Bonchev–Trinajstić information content (AvgIpc) is 4.26. The first kappa shape index (κ1) is 42.5. The van der Waals surface area contributed by atoms with E-state index < -0.39 is 5.41 Å². The van der Waals surface area contributed by atoms with E-state index in [2.05, 4.69) is 290 Å². The molecular weight excluding hydrogens is 895 g/mol. The van der Waals surface area contributed by atoms with Crippen LogP contribution in [-0.2, 0) is 17.9 Å². The fourth-order valence-electron chi connectivity index (χ4n) is 13.5. The lowest BCUT2D eigenvalue weighted by Crippen LogP contribution is -2.26. The SMILES string of the molecule is Cn1c2ccccc2c2cc(N(c3ccccc3)c3ccc4c(c3)C3(c5ccccc5-4)c4ccccc4-c4ccc(N(c5ccc6c(c5)C(C)(C)c5ccccc5-6)c5ccccc5-c5ccccc5)cc43)ccc21. The highest BCUT2D eigenvalue weighted by Gasteiger charge is 2.52. The van der Waals surface area contributed by atoms with E-state index >= 15 is 0 Å². The van der Waals surface area contributed by atoms with Crippen molar-refractivity contribution in [3.63, 3.8) is 0 Å². The minimum atomic E-state index is -0.613.